The second kappa shape index (κ2) is 4.90. The average molecular weight is 172 g/mol. The highest BCUT2D eigenvalue weighted by atomic mass is 16.5. The zero-order valence-corrected chi connectivity index (χ0v) is 7.54. The van der Waals surface area contributed by atoms with Crippen LogP contribution in [0, 0.1) is 0 Å². The first-order valence-electron chi connectivity index (χ1n) is 3.79. The SMILES string of the molecule is C=C(C)C(=O)OCC(N)C(C)N. The van der Waals surface area contributed by atoms with Crippen molar-refractivity contribution in [3.8, 4) is 0 Å². The van der Waals surface area contributed by atoms with Crippen LogP contribution < -0.4 is 11.5 Å². The molecule has 0 heterocycles. The summed E-state index contributed by atoms with van der Waals surface area (Å²) in [6.07, 6.45) is 0. The molecule has 0 aliphatic heterocycles. The first kappa shape index (κ1) is 11.1. The molecular weight excluding hydrogens is 156 g/mol. The summed E-state index contributed by atoms with van der Waals surface area (Å²) in [6.45, 7) is 6.92. The number of hydrogen-bond acceptors (Lipinski definition) is 4. The lowest BCUT2D eigenvalue weighted by Gasteiger charge is -2.15. The number of hydrogen-bond donors (Lipinski definition) is 2. The number of esters is 1. The highest BCUT2D eigenvalue weighted by Gasteiger charge is 2.11. The van der Waals surface area contributed by atoms with Gasteiger partial charge in [-0.05, 0) is 13.8 Å². The third-order valence-electron chi connectivity index (χ3n) is 1.43. The summed E-state index contributed by atoms with van der Waals surface area (Å²) in [6, 6.07) is -0.490. The van der Waals surface area contributed by atoms with Gasteiger partial charge in [0.1, 0.15) is 6.61 Å². The monoisotopic (exact) mass is 172 g/mol. The Morgan fingerprint density at radius 3 is 2.42 bits per heavy atom. The molecule has 0 amide bonds. The van der Waals surface area contributed by atoms with Crippen LogP contribution in [-0.4, -0.2) is 24.7 Å². The summed E-state index contributed by atoms with van der Waals surface area (Å²) in [5.41, 5.74) is 11.4. The standard InChI is InChI=1S/C8H16N2O2/c1-5(2)8(11)12-4-7(10)6(3)9/h6-7H,1,4,9-10H2,2-3H3. The van der Waals surface area contributed by atoms with Crippen LogP contribution >= 0.6 is 0 Å². The molecule has 4 heteroatoms. The highest BCUT2D eigenvalue weighted by molar-refractivity contribution is 5.86. The van der Waals surface area contributed by atoms with Gasteiger partial charge in [0.15, 0.2) is 0 Å². The van der Waals surface area contributed by atoms with Crippen molar-refractivity contribution in [3.63, 3.8) is 0 Å². The van der Waals surface area contributed by atoms with E-state index in [2.05, 4.69) is 6.58 Å². The van der Waals surface area contributed by atoms with Crippen LogP contribution in [0.2, 0.25) is 0 Å². The van der Waals surface area contributed by atoms with Gasteiger partial charge in [0.05, 0.1) is 6.04 Å². The van der Waals surface area contributed by atoms with Crippen LogP contribution in [0.15, 0.2) is 12.2 Å². The fraction of sp³-hybridized carbons (Fsp3) is 0.625. The van der Waals surface area contributed by atoms with Gasteiger partial charge in [-0.3, -0.25) is 0 Å². The molecular formula is C8H16N2O2. The minimum absolute atomic E-state index is 0.142. The van der Waals surface area contributed by atoms with Gasteiger partial charge in [0.25, 0.3) is 0 Å². The maximum atomic E-state index is 10.9. The van der Waals surface area contributed by atoms with Crippen molar-refractivity contribution in [2.24, 2.45) is 11.5 Å². The maximum Gasteiger partial charge on any atom is 0.333 e. The van der Waals surface area contributed by atoms with E-state index in [-0.39, 0.29) is 18.7 Å². The van der Waals surface area contributed by atoms with Gasteiger partial charge < -0.3 is 16.2 Å². The second-order valence-corrected chi connectivity index (χ2v) is 2.90. The van der Waals surface area contributed by atoms with Crippen LogP contribution in [0.4, 0.5) is 0 Å². The van der Waals surface area contributed by atoms with E-state index in [9.17, 15) is 4.79 Å². The van der Waals surface area contributed by atoms with E-state index in [4.69, 9.17) is 16.2 Å². The number of nitrogens with two attached hydrogens (primary N) is 2. The molecule has 2 unspecified atom stereocenters. The third kappa shape index (κ3) is 4.10. The molecule has 0 saturated carbocycles. The van der Waals surface area contributed by atoms with Gasteiger partial charge in [-0.25, -0.2) is 4.79 Å². The Labute approximate surface area is 72.6 Å². The maximum absolute atomic E-state index is 10.9. The quantitative estimate of drug-likeness (QED) is 0.454. The van der Waals surface area contributed by atoms with Crippen LogP contribution in [-0.2, 0) is 9.53 Å². The molecule has 0 aliphatic rings. The molecule has 0 spiro atoms. The van der Waals surface area contributed by atoms with E-state index in [1.165, 1.54) is 0 Å². The van der Waals surface area contributed by atoms with E-state index in [0.29, 0.717) is 5.57 Å². The average Bonchev–Trinajstić information content (AvgIpc) is 1.98. The van der Waals surface area contributed by atoms with Gasteiger partial charge >= 0.3 is 5.97 Å². The lowest BCUT2D eigenvalue weighted by atomic mass is 10.2. The zero-order chi connectivity index (χ0) is 9.72. The predicted octanol–water partition coefficient (Wildman–Crippen LogP) is -0.220. The second-order valence-electron chi connectivity index (χ2n) is 2.90. The first-order chi connectivity index (χ1) is 5.45. The van der Waals surface area contributed by atoms with Crippen LogP contribution in [0.1, 0.15) is 13.8 Å². The molecule has 12 heavy (non-hydrogen) atoms. The lowest BCUT2D eigenvalue weighted by molar-refractivity contribution is -0.139. The normalized spacial score (nSPS) is 15.0. The topological polar surface area (TPSA) is 78.3 Å². The van der Waals surface area contributed by atoms with E-state index in [0.717, 1.165) is 0 Å². The van der Waals surface area contributed by atoms with Crippen molar-refractivity contribution in [3.05, 3.63) is 12.2 Å². The Morgan fingerprint density at radius 2 is 2.08 bits per heavy atom. The molecule has 4 N–H and O–H groups in total. The molecule has 0 rings (SSSR count). The van der Waals surface area contributed by atoms with Crippen LogP contribution in [0.3, 0.4) is 0 Å². The molecule has 0 saturated heterocycles. The van der Waals surface area contributed by atoms with Crippen molar-refractivity contribution in [2.45, 2.75) is 25.9 Å². The van der Waals surface area contributed by atoms with Gasteiger partial charge in [0, 0.05) is 11.6 Å². The summed E-state index contributed by atoms with van der Waals surface area (Å²) >= 11 is 0. The van der Waals surface area contributed by atoms with E-state index in [1.54, 1.807) is 13.8 Å². The first-order valence-corrected chi connectivity index (χ1v) is 3.79. The molecule has 0 fully saturated rings. The minimum Gasteiger partial charge on any atom is -0.461 e. The molecule has 0 radical (unpaired) electrons. The molecule has 0 aliphatic carbocycles. The largest absolute Gasteiger partial charge is 0.461 e. The Balaban J connectivity index is 3.69. The zero-order valence-electron chi connectivity index (χ0n) is 7.54. The molecule has 4 nitrogen and oxygen atoms in total. The van der Waals surface area contributed by atoms with Crippen molar-refractivity contribution < 1.29 is 9.53 Å². The molecule has 0 bridgehead atoms. The summed E-state index contributed by atoms with van der Waals surface area (Å²) in [4.78, 5) is 10.9. The smallest absolute Gasteiger partial charge is 0.333 e. The van der Waals surface area contributed by atoms with E-state index >= 15 is 0 Å². The number of carbonyl (C=O) groups is 1. The minimum atomic E-state index is -0.425. The molecule has 0 aromatic carbocycles. The fourth-order valence-corrected chi connectivity index (χ4v) is 0.447. The van der Waals surface area contributed by atoms with Gasteiger partial charge in [-0.15, -0.1) is 0 Å². The predicted molar refractivity (Wildman–Crippen MR) is 47.4 cm³/mol. The molecule has 70 valence electrons. The molecule has 0 aromatic heterocycles. The Morgan fingerprint density at radius 1 is 1.58 bits per heavy atom. The molecule has 2 atom stereocenters. The van der Waals surface area contributed by atoms with Crippen LogP contribution in [0.25, 0.3) is 0 Å². The fourth-order valence-electron chi connectivity index (χ4n) is 0.447. The summed E-state index contributed by atoms with van der Waals surface area (Å²) < 4.78 is 4.78. The van der Waals surface area contributed by atoms with E-state index in [1.807, 2.05) is 0 Å². The Bertz CT molecular complexity index is 178. The third-order valence-corrected chi connectivity index (χ3v) is 1.43. The van der Waals surface area contributed by atoms with Crippen molar-refractivity contribution >= 4 is 5.97 Å². The lowest BCUT2D eigenvalue weighted by Crippen LogP contribution is -2.42. The van der Waals surface area contributed by atoms with Gasteiger partial charge in [0.2, 0.25) is 0 Å². The molecule has 0 aromatic rings. The van der Waals surface area contributed by atoms with Gasteiger partial charge in [-0.2, -0.15) is 0 Å². The van der Waals surface area contributed by atoms with Crippen molar-refractivity contribution in [1.82, 2.24) is 0 Å². The van der Waals surface area contributed by atoms with Crippen molar-refractivity contribution in [2.75, 3.05) is 6.61 Å². The number of ether oxygens (including phenoxy) is 1. The summed E-state index contributed by atoms with van der Waals surface area (Å²) in [5, 5.41) is 0. The van der Waals surface area contributed by atoms with Crippen LogP contribution in [0.5, 0.6) is 0 Å². The summed E-state index contributed by atoms with van der Waals surface area (Å²) in [7, 11) is 0. The highest BCUT2D eigenvalue weighted by Crippen LogP contribution is 1.94. The van der Waals surface area contributed by atoms with E-state index < -0.39 is 5.97 Å². The number of rotatable bonds is 4. The van der Waals surface area contributed by atoms with Gasteiger partial charge in [-0.1, -0.05) is 6.58 Å². The Kier molecular flexibility index (Phi) is 4.54. The van der Waals surface area contributed by atoms with Crippen molar-refractivity contribution in [1.29, 1.82) is 0 Å². The Hall–Kier alpha value is -0.870. The summed E-state index contributed by atoms with van der Waals surface area (Å²) in [5.74, 6) is -0.425. The number of carbonyl (C=O) groups excluding carboxylic acids is 1.